The lowest BCUT2D eigenvalue weighted by molar-refractivity contribution is 0.0745. The van der Waals surface area contributed by atoms with Gasteiger partial charge in [0.15, 0.2) is 11.6 Å². The first-order chi connectivity index (χ1) is 16.2. The molecule has 2 aliphatic rings. The van der Waals surface area contributed by atoms with E-state index in [0.717, 1.165) is 49.2 Å². The van der Waals surface area contributed by atoms with Gasteiger partial charge in [-0.05, 0) is 44.0 Å². The summed E-state index contributed by atoms with van der Waals surface area (Å²) in [7, 11) is 0. The Bertz CT molecular complexity index is 1060. The molecule has 33 heavy (non-hydrogen) atoms. The molecule has 172 valence electrons. The summed E-state index contributed by atoms with van der Waals surface area (Å²) in [5, 5.41) is 13.5. The van der Waals surface area contributed by atoms with E-state index in [1.165, 1.54) is 25.7 Å². The average molecular weight is 446 g/mol. The molecule has 8 nitrogen and oxygen atoms in total. The van der Waals surface area contributed by atoms with Crippen molar-refractivity contribution in [2.45, 2.75) is 32.6 Å². The predicted octanol–water partition coefficient (Wildman–Crippen LogP) is 3.31. The van der Waals surface area contributed by atoms with Crippen LogP contribution in [-0.4, -0.2) is 70.1 Å². The van der Waals surface area contributed by atoms with Crippen molar-refractivity contribution in [3.8, 4) is 5.69 Å². The molecule has 0 atom stereocenters. The number of hydrogen-bond acceptors (Lipinski definition) is 6. The first-order valence-corrected chi connectivity index (χ1v) is 11.9. The van der Waals surface area contributed by atoms with E-state index in [0.29, 0.717) is 18.7 Å². The monoisotopic (exact) mass is 445 g/mol. The normalized spacial score (nSPS) is 17.2. The highest BCUT2D eigenvalue weighted by atomic mass is 16.2. The Balaban J connectivity index is 1.21. The van der Waals surface area contributed by atoms with Crippen LogP contribution in [0.3, 0.4) is 0 Å². The Hall–Kier alpha value is -3.42. The molecule has 3 aromatic rings. The number of anilines is 2. The minimum absolute atomic E-state index is 0.0388. The Morgan fingerprint density at radius 1 is 0.758 bits per heavy atom. The van der Waals surface area contributed by atoms with E-state index in [9.17, 15) is 4.79 Å². The van der Waals surface area contributed by atoms with Gasteiger partial charge in [0.2, 0.25) is 0 Å². The van der Waals surface area contributed by atoms with Crippen molar-refractivity contribution in [3.63, 3.8) is 0 Å². The highest BCUT2D eigenvalue weighted by Gasteiger charge is 2.26. The Morgan fingerprint density at radius 2 is 1.36 bits per heavy atom. The third-order valence-corrected chi connectivity index (χ3v) is 6.70. The molecule has 1 aromatic carbocycles. The summed E-state index contributed by atoms with van der Waals surface area (Å²) < 4.78 is 1.82. The Kier molecular flexibility index (Phi) is 6.24. The molecule has 0 radical (unpaired) electrons. The molecule has 8 heteroatoms. The molecule has 4 heterocycles. The smallest absolute Gasteiger partial charge is 0.257 e. The predicted molar refractivity (Wildman–Crippen MR) is 129 cm³/mol. The van der Waals surface area contributed by atoms with Gasteiger partial charge in [-0.25, -0.2) is 4.68 Å². The lowest BCUT2D eigenvalue weighted by Crippen LogP contribution is -2.49. The van der Waals surface area contributed by atoms with Gasteiger partial charge in [0.1, 0.15) is 0 Å². The van der Waals surface area contributed by atoms with Gasteiger partial charge in [-0.1, -0.05) is 31.0 Å². The molecular formula is C25H31N7O. The fourth-order valence-electron chi connectivity index (χ4n) is 4.71. The highest BCUT2D eigenvalue weighted by molar-refractivity contribution is 5.95. The maximum Gasteiger partial charge on any atom is 0.257 e. The van der Waals surface area contributed by atoms with Crippen LogP contribution in [0.2, 0.25) is 0 Å². The van der Waals surface area contributed by atoms with Gasteiger partial charge in [-0.3, -0.25) is 4.79 Å². The number of aromatic nitrogens is 4. The number of benzene rings is 1. The zero-order valence-corrected chi connectivity index (χ0v) is 19.2. The van der Waals surface area contributed by atoms with Crippen LogP contribution in [0, 0.1) is 6.92 Å². The van der Waals surface area contributed by atoms with Crippen LogP contribution in [0.1, 0.15) is 41.7 Å². The second-order valence-electron chi connectivity index (χ2n) is 8.82. The second-order valence-corrected chi connectivity index (χ2v) is 8.82. The molecule has 5 rings (SSSR count). The summed E-state index contributed by atoms with van der Waals surface area (Å²) in [6.45, 7) is 6.88. The number of hydrogen-bond donors (Lipinski definition) is 0. The van der Waals surface area contributed by atoms with Crippen LogP contribution in [0.25, 0.3) is 5.69 Å². The number of para-hydroxylation sites is 1. The molecule has 2 fully saturated rings. The molecule has 2 aliphatic heterocycles. The lowest BCUT2D eigenvalue weighted by Gasteiger charge is -2.35. The molecule has 0 aliphatic carbocycles. The largest absolute Gasteiger partial charge is 0.355 e. The third kappa shape index (κ3) is 4.55. The topological polar surface area (TPSA) is 70.4 Å². The first kappa shape index (κ1) is 21.4. The number of rotatable bonds is 4. The maximum atomic E-state index is 13.2. The van der Waals surface area contributed by atoms with E-state index in [2.05, 4.69) is 37.2 Å². The van der Waals surface area contributed by atoms with E-state index in [1.807, 2.05) is 46.8 Å². The van der Waals surface area contributed by atoms with Gasteiger partial charge >= 0.3 is 0 Å². The minimum Gasteiger partial charge on any atom is -0.355 e. The highest BCUT2D eigenvalue weighted by Crippen LogP contribution is 2.21. The van der Waals surface area contributed by atoms with E-state index in [4.69, 9.17) is 0 Å². The fraction of sp³-hybridized carbons (Fsp3) is 0.440. The van der Waals surface area contributed by atoms with Crippen molar-refractivity contribution in [3.05, 3.63) is 59.9 Å². The van der Waals surface area contributed by atoms with Gasteiger partial charge in [-0.2, -0.15) is 5.10 Å². The summed E-state index contributed by atoms with van der Waals surface area (Å²) in [6, 6.07) is 14.1. The Labute approximate surface area is 194 Å². The molecular weight excluding hydrogens is 414 g/mol. The van der Waals surface area contributed by atoms with Crippen molar-refractivity contribution in [2.75, 3.05) is 49.1 Å². The maximum absolute atomic E-state index is 13.2. The summed E-state index contributed by atoms with van der Waals surface area (Å²) >= 11 is 0. The van der Waals surface area contributed by atoms with E-state index >= 15 is 0 Å². The number of piperazine rings is 1. The number of amides is 1. The quantitative estimate of drug-likeness (QED) is 0.614. The molecule has 0 bridgehead atoms. The van der Waals surface area contributed by atoms with Gasteiger partial charge in [-0.15, -0.1) is 10.2 Å². The molecule has 2 aromatic heterocycles. The molecule has 1 amide bonds. The van der Waals surface area contributed by atoms with Gasteiger partial charge in [0, 0.05) is 39.3 Å². The summed E-state index contributed by atoms with van der Waals surface area (Å²) in [4.78, 5) is 19.6. The van der Waals surface area contributed by atoms with E-state index < -0.39 is 0 Å². The standard InChI is InChI=1S/C25H31N7O/c1-20-22(19-26-32(20)21-9-5-4-6-10-21)25(33)31-17-15-30(16-18-31)24-12-11-23(27-28-24)29-13-7-2-3-8-14-29/h4-6,9-12,19H,2-3,7-8,13-18H2,1H3. The van der Waals surface area contributed by atoms with Crippen LogP contribution < -0.4 is 9.80 Å². The van der Waals surface area contributed by atoms with Crippen molar-refractivity contribution in [1.29, 1.82) is 0 Å². The van der Waals surface area contributed by atoms with Crippen molar-refractivity contribution in [2.24, 2.45) is 0 Å². The van der Waals surface area contributed by atoms with Crippen molar-refractivity contribution < 1.29 is 4.79 Å². The average Bonchev–Trinajstić information content (AvgIpc) is 3.07. The summed E-state index contributed by atoms with van der Waals surface area (Å²) in [5.74, 6) is 1.89. The lowest BCUT2D eigenvalue weighted by atomic mass is 10.2. The molecule has 0 saturated carbocycles. The minimum atomic E-state index is 0.0388. The van der Waals surface area contributed by atoms with Crippen molar-refractivity contribution in [1.82, 2.24) is 24.9 Å². The SMILES string of the molecule is Cc1c(C(=O)N2CCN(c3ccc(N4CCCCCC4)nn3)CC2)cnn1-c1ccccc1. The zero-order valence-electron chi connectivity index (χ0n) is 19.2. The molecule has 2 saturated heterocycles. The fourth-order valence-corrected chi connectivity index (χ4v) is 4.71. The Morgan fingerprint density at radius 3 is 1.97 bits per heavy atom. The van der Waals surface area contributed by atoms with E-state index in [-0.39, 0.29) is 5.91 Å². The van der Waals surface area contributed by atoms with Crippen LogP contribution in [0.15, 0.2) is 48.7 Å². The second kappa shape index (κ2) is 9.60. The van der Waals surface area contributed by atoms with Crippen LogP contribution >= 0.6 is 0 Å². The van der Waals surface area contributed by atoms with Gasteiger partial charge in [0.05, 0.1) is 23.1 Å². The molecule has 0 unspecified atom stereocenters. The van der Waals surface area contributed by atoms with E-state index in [1.54, 1.807) is 6.20 Å². The van der Waals surface area contributed by atoms with Crippen LogP contribution in [-0.2, 0) is 0 Å². The molecule has 0 N–H and O–H groups in total. The van der Waals surface area contributed by atoms with Gasteiger partial charge < -0.3 is 14.7 Å². The van der Waals surface area contributed by atoms with Gasteiger partial charge in [0.25, 0.3) is 5.91 Å². The third-order valence-electron chi connectivity index (χ3n) is 6.70. The summed E-state index contributed by atoms with van der Waals surface area (Å²) in [6.07, 6.45) is 6.74. The van der Waals surface area contributed by atoms with Crippen LogP contribution in [0.5, 0.6) is 0 Å². The molecule has 0 spiro atoms. The number of nitrogens with zero attached hydrogens (tertiary/aromatic N) is 7. The number of carbonyl (C=O) groups excluding carboxylic acids is 1. The zero-order chi connectivity index (χ0) is 22.6. The van der Waals surface area contributed by atoms with Crippen LogP contribution in [0.4, 0.5) is 11.6 Å². The number of carbonyl (C=O) groups is 1. The van der Waals surface area contributed by atoms with Crippen molar-refractivity contribution >= 4 is 17.5 Å². The summed E-state index contributed by atoms with van der Waals surface area (Å²) in [5.41, 5.74) is 2.48. The first-order valence-electron chi connectivity index (χ1n) is 11.9.